The van der Waals surface area contributed by atoms with Crippen LogP contribution in [0.1, 0.15) is 30.0 Å². The zero-order valence-electron chi connectivity index (χ0n) is 16.5. The zero-order valence-corrected chi connectivity index (χ0v) is 18.1. The van der Waals surface area contributed by atoms with Crippen LogP contribution in [0.25, 0.3) is 16.3 Å². The monoisotopic (exact) mass is 426 g/mol. The molecule has 1 aliphatic rings. The van der Waals surface area contributed by atoms with Crippen LogP contribution < -0.4 is 5.32 Å². The van der Waals surface area contributed by atoms with Crippen molar-refractivity contribution in [1.82, 2.24) is 20.4 Å². The summed E-state index contributed by atoms with van der Waals surface area (Å²) in [5.41, 5.74) is 4.20. The quantitative estimate of drug-likeness (QED) is 0.586. The zero-order chi connectivity index (χ0) is 20.4. The van der Waals surface area contributed by atoms with Crippen molar-refractivity contribution in [2.75, 3.05) is 20.3 Å². The summed E-state index contributed by atoms with van der Waals surface area (Å²) in [6.45, 7) is 5.31. The SMILES string of the molecule is COCCN1C(=S)NC(c2ccc(C)cc2)C(c2nc(-c3cccs3)no2)=C1C. The lowest BCUT2D eigenvalue weighted by Crippen LogP contribution is -2.47. The fourth-order valence-electron chi connectivity index (χ4n) is 3.36. The molecule has 150 valence electrons. The van der Waals surface area contributed by atoms with E-state index in [1.165, 1.54) is 5.56 Å². The Hall–Kier alpha value is -2.55. The molecule has 8 heteroatoms. The van der Waals surface area contributed by atoms with Crippen LogP contribution in [0.3, 0.4) is 0 Å². The number of hydrogen-bond acceptors (Lipinski definition) is 6. The Labute approximate surface area is 179 Å². The second kappa shape index (κ2) is 8.44. The summed E-state index contributed by atoms with van der Waals surface area (Å²) in [4.78, 5) is 7.69. The van der Waals surface area contributed by atoms with Crippen molar-refractivity contribution in [3.63, 3.8) is 0 Å². The van der Waals surface area contributed by atoms with Crippen molar-refractivity contribution in [3.8, 4) is 10.7 Å². The van der Waals surface area contributed by atoms with E-state index in [1.54, 1.807) is 18.4 Å². The van der Waals surface area contributed by atoms with Crippen LogP contribution in [0.5, 0.6) is 0 Å². The second-order valence-corrected chi connectivity index (χ2v) is 8.17. The number of thiophene rings is 1. The molecule has 3 aromatic rings. The Balaban J connectivity index is 1.79. The van der Waals surface area contributed by atoms with Gasteiger partial charge in [-0.05, 0) is 43.1 Å². The molecular weight excluding hydrogens is 404 g/mol. The normalized spacial score (nSPS) is 17.0. The molecule has 0 spiro atoms. The molecule has 6 nitrogen and oxygen atoms in total. The number of aryl methyl sites for hydroxylation is 1. The molecule has 1 aliphatic heterocycles. The minimum atomic E-state index is -0.168. The van der Waals surface area contributed by atoms with Crippen molar-refractivity contribution in [2.45, 2.75) is 19.9 Å². The van der Waals surface area contributed by atoms with E-state index in [9.17, 15) is 0 Å². The topological polar surface area (TPSA) is 63.4 Å². The van der Waals surface area contributed by atoms with Gasteiger partial charge in [0.15, 0.2) is 5.11 Å². The number of allylic oxidation sites excluding steroid dienone is 1. The summed E-state index contributed by atoms with van der Waals surface area (Å²) >= 11 is 7.24. The summed E-state index contributed by atoms with van der Waals surface area (Å²) in [6.07, 6.45) is 0. The summed E-state index contributed by atoms with van der Waals surface area (Å²) in [5.74, 6) is 1.09. The predicted molar refractivity (Wildman–Crippen MR) is 118 cm³/mol. The first-order valence-corrected chi connectivity index (χ1v) is 10.6. The van der Waals surface area contributed by atoms with Gasteiger partial charge in [-0.15, -0.1) is 11.3 Å². The maximum absolute atomic E-state index is 5.71. The smallest absolute Gasteiger partial charge is 0.258 e. The van der Waals surface area contributed by atoms with Gasteiger partial charge in [-0.3, -0.25) is 0 Å². The first-order chi connectivity index (χ1) is 14.1. The fraction of sp³-hybridized carbons (Fsp3) is 0.286. The number of benzene rings is 1. The third-order valence-corrected chi connectivity index (χ3v) is 6.13. The van der Waals surface area contributed by atoms with E-state index in [2.05, 4.69) is 41.7 Å². The van der Waals surface area contributed by atoms with Gasteiger partial charge >= 0.3 is 0 Å². The van der Waals surface area contributed by atoms with Crippen molar-refractivity contribution in [2.24, 2.45) is 0 Å². The van der Waals surface area contributed by atoms with Gasteiger partial charge in [0, 0.05) is 19.4 Å². The molecule has 0 saturated carbocycles. The fourth-order valence-corrected chi connectivity index (χ4v) is 4.35. The maximum atomic E-state index is 5.71. The van der Waals surface area contributed by atoms with Crippen LogP contribution in [0.2, 0.25) is 0 Å². The third kappa shape index (κ3) is 3.96. The second-order valence-electron chi connectivity index (χ2n) is 6.84. The molecule has 29 heavy (non-hydrogen) atoms. The molecule has 0 amide bonds. The van der Waals surface area contributed by atoms with E-state index in [4.69, 9.17) is 26.5 Å². The highest BCUT2D eigenvalue weighted by Crippen LogP contribution is 2.37. The Morgan fingerprint density at radius 1 is 1.24 bits per heavy atom. The molecule has 0 fully saturated rings. The molecule has 4 rings (SSSR count). The number of thiocarbonyl (C=S) groups is 1. The Bertz CT molecular complexity index is 1030. The van der Waals surface area contributed by atoms with E-state index >= 15 is 0 Å². The highest BCUT2D eigenvalue weighted by molar-refractivity contribution is 7.80. The average molecular weight is 427 g/mol. The van der Waals surface area contributed by atoms with Crippen LogP contribution in [0, 0.1) is 6.92 Å². The predicted octanol–water partition coefficient (Wildman–Crippen LogP) is 4.42. The van der Waals surface area contributed by atoms with Gasteiger partial charge in [0.2, 0.25) is 5.82 Å². The van der Waals surface area contributed by atoms with E-state index in [1.807, 2.05) is 29.3 Å². The van der Waals surface area contributed by atoms with Gasteiger partial charge in [0.25, 0.3) is 5.89 Å². The first kappa shape index (κ1) is 19.8. The van der Waals surface area contributed by atoms with Crippen molar-refractivity contribution in [3.05, 3.63) is 64.5 Å². The van der Waals surface area contributed by atoms with Crippen molar-refractivity contribution >= 4 is 34.2 Å². The molecule has 1 N–H and O–H groups in total. The third-order valence-electron chi connectivity index (χ3n) is 4.92. The van der Waals surface area contributed by atoms with Crippen LogP contribution in [-0.4, -0.2) is 40.4 Å². The average Bonchev–Trinajstić information content (AvgIpc) is 3.40. The molecule has 1 aromatic carbocycles. The van der Waals surface area contributed by atoms with E-state index in [0.717, 1.165) is 21.7 Å². The molecule has 0 saturated heterocycles. The van der Waals surface area contributed by atoms with Crippen molar-refractivity contribution in [1.29, 1.82) is 0 Å². The van der Waals surface area contributed by atoms with E-state index < -0.39 is 0 Å². The van der Waals surface area contributed by atoms with Gasteiger partial charge in [0.05, 0.1) is 23.1 Å². The maximum Gasteiger partial charge on any atom is 0.258 e. The molecule has 0 bridgehead atoms. The Kier molecular flexibility index (Phi) is 5.75. The number of nitrogens with one attached hydrogen (secondary N) is 1. The van der Waals surface area contributed by atoms with Crippen LogP contribution >= 0.6 is 23.6 Å². The summed E-state index contributed by atoms with van der Waals surface area (Å²) in [5, 5.41) is 10.3. The van der Waals surface area contributed by atoms with Crippen molar-refractivity contribution < 1.29 is 9.26 Å². The molecule has 0 aliphatic carbocycles. The lowest BCUT2D eigenvalue weighted by molar-refractivity contribution is 0.183. The minimum Gasteiger partial charge on any atom is -0.383 e. The van der Waals surface area contributed by atoms with Gasteiger partial charge in [0.1, 0.15) is 0 Å². The number of aromatic nitrogens is 2. The number of hydrogen-bond donors (Lipinski definition) is 1. The molecule has 0 radical (unpaired) electrons. The lowest BCUT2D eigenvalue weighted by Gasteiger charge is -2.37. The van der Waals surface area contributed by atoms with Gasteiger partial charge in [-0.2, -0.15) is 4.98 Å². The molecule has 1 atom stereocenters. The highest BCUT2D eigenvalue weighted by Gasteiger charge is 2.33. The summed E-state index contributed by atoms with van der Waals surface area (Å²) in [6, 6.07) is 12.2. The number of methoxy groups -OCH3 is 1. The summed E-state index contributed by atoms with van der Waals surface area (Å²) in [7, 11) is 1.68. The highest BCUT2D eigenvalue weighted by atomic mass is 32.1. The first-order valence-electron chi connectivity index (χ1n) is 9.30. The Morgan fingerprint density at radius 2 is 2.03 bits per heavy atom. The van der Waals surface area contributed by atoms with E-state index in [-0.39, 0.29) is 6.04 Å². The van der Waals surface area contributed by atoms with Crippen LogP contribution in [0.15, 0.2) is 52.0 Å². The number of ether oxygens (including phenoxy) is 1. The van der Waals surface area contributed by atoms with Gasteiger partial charge in [-0.25, -0.2) is 0 Å². The van der Waals surface area contributed by atoms with Crippen LogP contribution in [0.4, 0.5) is 0 Å². The van der Waals surface area contributed by atoms with Crippen LogP contribution in [-0.2, 0) is 4.74 Å². The lowest BCUT2D eigenvalue weighted by atomic mass is 9.94. The molecule has 2 aromatic heterocycles. The largest absolute Gasteiger partial charge is 0.383 e. The Morgan fingerprint density at radius 3 is 2.72 bits per heavy atom. The number of rotatable bonds is 6. The molecular formula is C21H22N4O2S2. The minimum absolute atomic E-state index is 0.168. The number of nitrogens with zero attached hydrogens (tertiary/aromatic N) is 3. The van der Waals surface area contributed by atoms with Gasteiger partial charge in [-0.1, -0.05) is 41.1 Å². The molecule has 3 heterocycles. The van der Waals surface area contributed by atoms with E-state index in [0.29, 0.717) is 30.0 Å². The molecule has 1 unspecified atom stereocenters. The summed E-state index contributed by atoms with van der Waals surface area (Å²) < 4.78 is 11.0. The van der Waals surface area contributed by atoms with Gasteiger partial charge < -0.3 is 19.5 Å². The standard InChI is InChI=1S/C21H22N4O2S2/c1-13-6-8-15(9-7-13)18-17(14(2)25(10-11-26-3)21(28)22-18)20-23-19(24-27-20)16-5-4-12-29-16/h4-9,12,18H,10-11H2,1-3H3,(H,22,28).